The van der Waals surface area contributed by atoms with Gasteiger partial charge in [-0.2, -0.15) is 0 Å². The van der Waals surface area contributed by atoms with Gasteiger partial charge in [-0.25, -0.2) is 0 Å². The molecule has 3 nitrogen and oxygen atoms in total. The van der Waals surface area contributed by atoms with Gasteiger partial charge in [0, 0.05) is 18.7 Å². The van der Waals surface area contributed by atoms with Crippen LogP contribution in [0.25, 0.3) is 0 Å². The SMILES string of the molecule is Nc1ccc(CN2CCCC(=O)C2)cc1. The minimum atomic E-state index is 0.358. The first kappa shape index (κ1) is 10.2. The van der Waals surface area contributed by atoms with Crippen LogP contribution in [0.1, 0.15) is 18.4 Å². The molecule has 2 N–H and O–H groups in total. The van der Waals surface area contributed by atoms with Crippen molar-refractivity contribution < 1.29 is 4.79 Å². The van der Waals surface area contributed by atoms with Crippen LogP contribution < -0.4 is 5.73 Å². The van der Waals surface area contributed by atoms with Crippen LogP contribution in [0.3, 0.4) is 0 Å². The average molecular weight is 204 g/mol. The monoisotopic (exact) mass is 204 g/mol. The molecule has 0 spiro atoms. The number of nitrogens with two attached hydrogens (primary N) is 1. The van der Waals surface area contributed by atoms with E-state index < -0.39 is 0 Å². The zero-order valence-corrected chi connectivity index (χ0v) is 8.78. The number of hydrogen-bond acceptors (Lipinski definition) is 3. The highest BCUT2D eigenvalue weighted by Gasteiger charge is 2.16. The van der Waals surface area contributed by atoms with Crippen LogP contribution in [0, 0.1) is 0 Å². The van der Waals surface area contributed by atoms with Gasteiger partial charge in [-0.15, -0.1) is 0 Å². The van der Waals surface area contributed by atoms with Gasteiger partial charge < -0.3 is 5.73 Å². The van der Waals surface area contributed by atoms with Gasteiger partial charge in [-0.05, 0) is 30.7 Å². The molecular weight excluding hydrogens is 188 g/mol. The van der Waals surface area contributed by atoms with Crippen LogP contribution in [-0.2, 0) is 11.3 Å². The number of piperidine rings is 1. The van der Waals surface area contributed by atoms with E-state index in [1.165, 1.54) is 5.56 Å². The van der Waals surface area contributed by atoms with Gasteiger partial charge in [0.05, 0.1) is 6.54 Å². The Morgan fingerprint density at radius 1 is 1.27 bits per heavy atom. The number of carbonyl (C=O) groups excluding carboxylic acids is 1. The Kier molecular flexibility index (Phi) is 3.02. The van der Waals surface area contributed by atoms with Crippen molar-refractivity contribution in [2.45, 2.75) is 19.4 Å². The summed E-state index contributed by atoms with van der Waals surface area (Å²) in [5.74, 6) is 0.358. The number of nitrogen functional groups attached to an aromatic ring is 1. The Labute approximate surface area is 89.9 Å². The third-order valence-corrected chi connectivity index (χ3v) is 2.72. The second-order valence-corrected chi connectivity index (χ2v) is 4.09. The lowest BCUT2D eigenvalue weighted by Crippen LogP contribution is -2.34. The Hall–Kier alpha value is -1.35. The molecule has 2 rings (SSSR count). The fourth-order valence-electron chi connectivity index (χ4n) is 1.92. The summed E-state index contributed by atoms with van der Waals surface area (Å²) in [4.78, 5) is 13.4. The molecule has 0 atom stereocenters. The largest absolute Gasteiger partial charge is 0.399 e. The molecule has 1 aromatic rings. The van der Waals surface area contributed by atoms with E-state index in [0.717, 1.165) is 31.6 Å². The van der Waals surface area contributed by atoms with Gasteiger partial charge in [0.2, 0.25) is 0 Å². The average Bonchev–Trinajstić information content (AvgIpc) is 2.22. The molecule has 1 heterocycles. The van der Waals surface area contributed by atoms with Gasteiger partial charge in [-0.1, -0.05) is 12.1 Å². The summed E-state index contributed by atoms with van der Waals surface area (Å²) in [5, 5.41) is 0. The predicted molar refractivity (Wildman–Crippen MR) is 60.4 cm³/mol. The molecule has 0 bridgehead atoms. The van der Waals surface area contributed by atoms with Crippen molar-refractivity contribution in [1.29, 1.82) is 0 Å². The standard InChI is InChI=1S/C12H16N2O/c13-11-5-3-10(4-6-11)8-14-7-1-2-12(15)9-14/h3-6H,1-2,7-9,13H2. The number of likely N-dealkylation sites (tertiary alicyclic amines) is 1. The van der Waals surface area contributed by atoms with Crippen molar-refractivity contribution in [3.63, 3.8) is 0 Å². The third kappa shape index (κ3) is 2.80. The number of rotatable bonds is 2. The first-order valence-corrected chi connectivity index (χ1v) is 5.32. The summed E-state index contributed by atoms with van der Waals surface area (Å²) >= 11 is 0. The first-order valence-electron chi connectivity index (χ1n) is 5.32. The minimum Gasteiger partial charge on any atom is -0.399 e. The Morgan fingerprint density at radius 3 is 2.67 bits per heavy atom. The molecule has 80 valence electrons. The summed E-state index contributed by atoms with van der Waals surface area (Å²) in [6, 6.07) is 7.85. The van der Waals surface area contributed by atoms with Crippen LogP contribution in [0.2, 0.25) is 0 Å². The Morgan fingerprint density at radius 2 is 2.00 bits per heavy atom. The van der Waals surface area contributed by atoms with E-state index in [1.54, 1.807) is 0 Å². The van der Waals surface area contributed by atoms with Crippen LogP contribution in [0.15, 0.2) is 24.3 Å². The van der Waals surface area contributed by atoms with E-state index in [4.69, 9.17) is 5.73 Å². The zero-order valence-electron chi connectivity index (χ0n) is 8.78. The maximum absolute atomic E-state index is 11.3. The first-order chi connectivity index (χ1) is 7.24. The van der Waals surface area contributed by atoms with Crippen molar-refractivity contribution in [2.75, 3.05) is 18.8 Å². The molecule has 0 aliphatic carbocycles. The van der Waals surface area contributed by atoms with Crippen molar-refractivity contribution in [1.82, 2.24) is 4.90 Å². The molecule has 0 aromatic heterocycles. The molecule has 0 unspecified atom stereocenters. The maximum atomic E-state index is 11.3. The van der Waals surface area contributed by atoms with E-state index in [1.807, 2.05) is 24.3 Å². The van der Waals surface area contributed by atoms with E-state index in [0.29, 0.717) is 12.3 Å². The van der Waals surface area contributed by atoms with Gasteiger partial charge in [-0.3, -0.25) is 9.69 Å². The fourth-order valence-corrected chi connectivity index (χ4v) is 1.92. The number of hydrogen-bond donors (Lipinski definition) is 1. The molecule has 1 saturated heterocycles. The Bertz CT molecular complexity index is 345. The zero-order chi connectivity index (χ0) is 10.7. The second-order valence-electron chi connectivity index (χ2n) is 4.09. The van der Waals surface area contributed by atoms with Crippen LogP contribution in [0.5, 0.6) is 0 Å². The quantitative estimate of drug-likeness (QED) is 0.741. The van der Waals surface area contributed by atoms with E-state index in [9.17, 15) is 4.79 Å². The van der Waals surface area contributed by atoms with Crippen LogP contribution >= 0.6 is 0 Å². The summed E-state index contributed by atoms with van der Waals surface area (Å²) in [6.45, 7) is 2.48. The van der Waals surface area contributed by atoms with Gasteiger partial charge in [0.1, 0.15) is 5.78 Å². The molecule has 15 heavy (non-hydrogen) atoms. The van der Waals surface area contributed by atoms with Gasteiger partial charge in [0.25, 0.3) is 0 Å². The van der Waals surface area contributed by atoms with E-state index in [-0.39, 0.29) is 0 Å². The van der Waals surface area contributed by atoms with Crippen molar-refractivity contribution in [3.8, 4) is 0 Å². The summed E-state index contributed by atoms with van der Waals surface area (Å²) in [6.07, 6.45) is 1.74. The molecule has 1 aliphatic rings. The highest BCUT2D eigenvalue weighted by atomic mass is 16.1. The highest BCUT2D eigenvalue weighted by Crippen LogP contribution is 2.12. The number of anilines is 1. The number of Topliss-reactive ketones (excluding diaryl/α,β-unsaturated/α-hetero) is 1. The lowest BCUT2D eigenvalue weighted by Gasteiger charge is -2.25. The normalized spacial score (nSPS) is 18.0. The van der Waals surface area contributed by atoms with Crippen molar-refractivity contribution >= 4 is 11.5 Å². The Balaban J connectivity index is 1.96. The lowest BCUT2D eigenvalue weighted by atomic mass is 10.1. The molecule has 1 fully saturated rings. The molecule has 0 radical (unpaired) electrons. The molecule has 1 aliphatic heterocycles. The topological polar surface area (TPSA) is 46.3 Å². The second kappa shape index (κ2) is 4.45. The van der Waals surface area contributed by atoms with Crippen molar-refractivity contribution in [3.05, 3.63) is 29.8 Å². The summed E-state index contributed by atoms with van der Waals surface area (Å²) in [5.41, 5.74) is 7.62. The number of benzene rings is 1. The summed E-state index contributed by atoms with van der Waals surface area (Å²) < 4.78 is 0. The molecular formula is C12H16N2O. The minimum absolute atomic E-state index is 0.358. The van der Waals surface area contributed by atoms with E-state index >= 15 is 0 Å². The number of carbonyl (C=O) groups is 1. The molecule has 0 saturated carbocycles. The predicted octanol–water partition coefficient (Wildman–Crippen LogP) is 1.43. The van der Waals surface area contributed by atoms with Crippen LogP contribution in [0.4, 0.5) is 5.69 Å². The van der Waals surface area contributed by atoms with Crippen LogP contribution in [-0.4, -0.2) is 23.8 Å². The lowest BCUT2D eigenvalue weighted by molar-refractivity contribution is -0.122. The van der Waals surface area contributed by atoms with Crippen molar-refractivity contribution in [2.24, 2.45) is 0 Å². The van der Waals surface area contributed by atoms with Gasteiger partial charge >= 0.3 is 0 Å². The smallest absolute Gasteiger partial charge is 0.146 e. The summed E-state index contributed by atoms with van der Waals surface area (Å²) in [7, 11) is 0. The number of ketones is 1. The maximum Gasteiger partial charge on any atom is 0.146 e. The van der Waals surface area contributed by atoms with E-state index in [2.05, 4.69) is 4.90 Å². The molecule has 3 heteroatoms. The fraction of sp³-hybridized carbons (Fsp3) is 0.417. The molecule has 1 aromatic carbocycles. The number of nitrogens with zero attached hydrogens (tertiary/aromatic N) is 1. The molecule has 0 amide bonds. The highest BCUT2D eigenvalue weighted by molar-refractivity contribution is 5.81. The van der Waals surface area contributed by atoms with Gasteiger partial charge in [0.15, 0.2) is 0 Å². The third-order valence-electron chi connectivity index (χ3n) is 2.72.